The van der Waals surface area contributed by atoms with E-state index in [0.29, 0.717) is 18.6 Å². The maximum Gasteiger partial charge on any atom is 0.238 e. The molecule has 11 heteroatoms. The number of nitrogens with two attached hydrogens (primary N) is 1. The summed E-state index contributed by atoms with van der Waals surface area (Å²) in [6.07, 6.45) is 8.99. The fourth-order valence-electron chi connectivity index (χ4n) is 7.71. The van der Waals surface area contributed by atoms with Gasteiger partial charge in [0.15, 0.2) is 0 Å². The van der Waals surface area contributed by atoms with Crippen LogP contribution >= 0.6 is 11.3 Å². The fraction of sp³-hybridized carbons (Fsp3) is 0.436. The van der Waals surface area contributed by atoms with Gasteiger partial charge in [-0.25, -0.2) is 13.6 Å². The third-order valence-electron chi connectivity index (χ3n) is 10.5. The standard InChI is InChI=1S/C20H24N4O2S.C19H26N2OS/c21-27(25,26)19-3-1-2-15(12-19)14-24(17-7-9-22-10-8-17)18-4-5-20-16(13-18)6-11-23-20;1-2-19-16(7-12-23-19)13-18(1)21(17-3-8-20-9-4-17)14-15-5-10-22-11-6-15/h1-6,11-13,17,22-23H,7-10,14H2,(H2,21,25,26);1-2,7,12-13,15,17,20H,3-6,8-11,14H2. The number of aromatic amines is 1. The Morgan fingerprint density at radius 3 is 2.18 bits per heavy atom. The number of benzene rings is 3. The minimum Gasteiger partial charge on any atom is -0.381 e. The van der Waals surface area contributed by atoms with Crippen LogP contribution in [-0.2, 0) is 21.3 Å². The number of nitrogens with zero attached hydrogens (tertiary/aromatic N) is 2. The molecule has 0 spiro atoms. The van der Waals surface area contributed by atoms with Crippen LogP contribution in [0.1, 0.15) is 44.1 Å². The van der Waals surface area contributed by atoms with Crippen molar-refractivity contribution in [2.24, 2.45) is 11.1 Å². The molecule has 0 unspecified atom stereocenters. The van der Waals surface area contributed by atoms with Gasteiger partial charge in [-0.3, -0.25) is 0 Å². The average Bonchev–Trinajstić information content (AvgIpc) is 3.83. The lowest BCUT2D eigenvalue weighted by molar-refractivity contribution is 0.0674. The van der Waals surface area contributed by atoms with Crippen molar-refractivity contribution in [3.8, 4) is 0 Å². The molecular formula is C39H50N6O3S2. The lowest BCUT2D eigenvalue weighted by Crippen LogP contribution is -2.45. The molecule has 0 atom stereocenters. The molecule has 0 saturated carbocycles. The number of fused-ring (bicyclic) bond motifs is 2. The number of hydrogen-bond acceptors (Lipinski definition) is 8. The molecule has 0 amide bonds. The van der Waals surface area contributed by atoms with Gasteiger partial charge in [-0.1, -0.05) is 12.1 Å². The SMILES string of the molecule is NS(=O)(=O)c1cccc(CN(c2ccc3[nH]ccc3c2)C2CCNCC2)c1.c1cc2cc(N(CC3CCOCC3)C3CCNCC3)ccc2s1. The Morgan fingerprint density at radius 1 is 0.760 bits per heavy atom. The lowest BCUT2D eigenvalue weighted by atomic mass is 9.96. The number of ether oxygens (including phenoxy) is 1. The van der Waals surface area contributed by atoms with Crippen LogP contribution in [0.3, 0.4) is 0 Å². The van der Waals surface area contributed by atoms with Crippen LogP contribution in [0.15, 0.2) is 89.3 Å². The molecule has 5 aromatic rings. The van der Waals surface area contributed by atoms with Gasteiger partial charge >= 0.3 is 0 Å². The number of aromatic nitrogens is 1. The zero-order chi connectivity index (χ0) is 34.3. The molecule has 50 heavy (non-hydrogen) atoms. The van der Waals surface area contributed by atoms with Crippen molar-refractivity contribution in [3.05, 3.63) is 89.9 Å². The molecule has 3 fully saturated rings. The highest BCUT2D eigenvalue weighted by molar-refractivity contribution is 7.89. The van der Waals surface area contributed by atoms with Crippen molar-refractivity contribution in [1.82, 2.24) is 15.6 Å². The Hall–Kier alpha value is -3.45. The van der Waals surface area contributed by atoms with E-state index in [9.17, 15) is 8.42 Å². The summed E-state index contributed by atoms with van der Waals surface area (Å²) >= 11 is 1.83. The Kier molecular flexibility index (Phi) is 11.4. The number of anilines is 2. The minimum absolute atomic E-state index is 0.159. The molecule has 3 aromatic carbocycles. The van der Waals surface area contributed by atoms with Crippen LogP contribution in [0.2, 0.25) is 0 Å². The number of nitrogens with one attached hydrogen (secondary N) is 3. The Balaban J connectivity index is 0.000000159. The smallest absolute Gasteiger partial charge is 0.238 e. The Labute approximate surface area is 300 Å². The normalized spacial score (nSPS) is 18.2. The first-order valence-electron chi connectivity index (χ1n) is 18.1. The number of thiophene rings is 1. The lowest BCUT2D eigenvalue weighted by Gasteiger charge is -2.39. The van der Waals surface area contributed by atoms with Crippen molar-refractivity contribution >= 4 is 53.7 Å². The van der Waals surface area contributed by atoms with Crippen LogP contribution in [0.4, 0.5) is 11.4 Å². The maximum atomic E-state index is 11.7. The van der Waals surface area contributed by atoms with Crippen molar-refractivity contribution in [2.75, 3.05) is 55.7 Å². The molecular weight excluding hydrogens is 665 g/mol. The zero-order valence-corrected chi connectivity index (χ0v) is 30.4. The van der Waals surface area contributed by atoms with Crippen LogP contribution in [0, 0.1) is 5.92 Å². The fourth-order valence-corrected chi connectivity index (χ4v) is 9.06. The van der Waals surface area contributed by atoms with Crippen molar-refractivity contribution in [3.63, 3.8) is 0 Å². The largest absolute Gasteiger partial charge is 0.381 e. The van der Waals surface area contributed by atoms with E-state index in [-0.39, 0.29) is 4.90 Å². The molecule has 5 N–H and O–H groups in total. The molecule has 3 aliphatic heterocycles. The van der Waals surface area contributed by atoms with Gasteiger partial charge in [-0.2, -0.15) is 0 Å². The first-order chi connectivity index (χ1) is 24.4. The van der Waals surface area contributed by atoms with Crippen molar-refractivity contribution in [1.29, 1.82) is 0 Å². The Morgan fingerprint density at radius 2 is 1.44 bits per heavy atom. The number of piperidine rings is 2. The predicted octanol–water partition coefficient (Wildman–Crippen LogP) is 6.46. The molecule has 0 radical (unpaired) electrons. The van der Waals surface area contributed by atoms with Gasteiger partial charge in [0.05, 0.1) is 4.90 Å². The minimum atomic E-state index is -3.70. The third-order valence-corrected chi connectivity index (χ3v) is 12.3. The second-order valence-electron chi connectivity index (χ2n) is 13.9. The molecule has 3 aliphatic rings. The second-order valence-corrected chi connectivity index (χ2v) is 16.4. The number of H-pyrrole nitrogens is 1. The highest BCUT2D eigenvalue weighted by atomic mass is 32.2. The monoisotopic (exact) mass is 714 g/mol. The topological polar surface area (TPSA) is 116 Å². The van der Waals surface area contributed by atoms with Gasteiger partial charge in [0.1, 0.15) is 0 Å². The first kappa shape index (κ1) is 35.0. The van der Waals surface area contributed by atoms with Gasteiger partial charge in [0.25, 0.3) is 0 Å². The average molecular weight is 715 g/mol. The highest BCUT2D eigenvalue weighted by Gasteiger charge is 2.26. The van der Waals surface area contributed by atoms with Gasteiger partial charge in [-0.05, 0) is 148 Å². The summed E-state index contributed by atoms with van der Waals surface area (Å²) in [5.41, 5.74) is 4.61. The van der Waals surface area contributed by atoms with Crippen LogP contribution in [0.25, 0.3) is 21.0 Å². The van der Waals surface area contributed by atoms with E-state index in [0.717, 1.165) is 74.9 Å². The summed E-state index contributed by atoms with van der Waals surface area (Å²) in [5, 5.41) is 17.0. The Bertz CT molecular complexity index is 1940. The van der Waals surface area contributed by atoms with Gasteiger partial charge in [0, 0.05) is 71.6 Å². The van der Waals surface area contributed by atoms with Gasteiger partial charge in [0.2, 0.25) is 10.0 Å². The van der Waals surface area contributed by atoms with Crippen LogP contribution in [0.5, 0.6) is 0 Å². The first-order valence-corrected chi connectivity index (χ1v) is 20.5. The number of rotatable bonds is 9. The third kappa shape index (κ3) is 8.70. The summed E-state index contributed by atoms with van der Waals surface area (Å²) in [5.74, 6) is 0.775. The number of sulfonamides is 1. The number of hydrogen-bond donors (Lipinski definition) is 4. The molecule has 0 aliphatic carbocycles. The quantitative estimate of drug-likeness (QED) is 0.139. The summed E-state index contributed by atoms with van der Waals surface area (Å²) in [6, 6.07) is 25.8. The van der Waals surface area contributed by atoms with Crippen molar-refractivity contribution < 1.29 is 13.2 Å². The van der Waals surface area contributed by atoms with E-state index in [1.807, 2.05) is 23.6 Å². The molecule has 5 heterocycles. The van der Waals surface area contributed by atoms with Gasteiger partial charge in [-0.15, -0.1) is 11.3 Å². The van der Waals surface area contributed by atoms with Crippen LogP contribution in [-0.4, -0.2) is 71.4 Å². The highest BCUT2D eigenvalue weighted by Crippen LogP contribution is 2.31. The van der Waals surface area contributed by atoms with E-state index in [1.165, 1.54) is 53.4 Å². The van der Waals surface area contributed by atoms with Crippen molar-refractivity contribution in [2.45, 2.75) is 62.0 Å². The molecule has 8 rings (SSSR count). The molecule has 9 nitrogen and oxygen atoms in total. The molecule has 2 aromatic heterocycles. The van der Waals surface area contributed by atoms with E-state index in [2.05, 4.69) is 79.3 Å². The summed E-state index contributed by atoms with van der Waals surface area (Å²) in [4.78, 5) is 8.48. The predicted molar refractivity (Wildman–Crippen MR) is 207 cm³/mol. The van der Waals surface area contributed by atoms with Gasteiger partial charge < -0.3 is 30.2 Å². The summed E-state index contributed by atoms with van der Waals surface area (Å²) < 4.78 is 30.4. The summed E-state index contributed by atoms with van der Waals surface area (Å²) in [6.45, 7) is 7.98. The van der Waals surface area contributed by atoms with E-state index < -0.39 is 10.0 Å². The zero-order valence-electron chi connectivity index (χ0n) is 28.7. The molecule has 266 valence electrons. The van der Waals surface area contributed by atoms with E-state index in [4.69, 9.17) is 9.88 Å². The van der Waals surface area contributed by atoms with E-state index >= 15 is 0 Å². The second kappa shape index (κ2) is 16.3. The van der Waals surface area contributed by atoms with E-state index in [1.54, 1.807) is 18.2 Å². The molecule has 0 bridgehead atoms. The maximum absolute atomic E-state index is 11.7. The van der Waals surface area contributed by atoms with Crippen LogP contribution < -0.4 is 25.6 Å². The number of primary sulfonamides is 1. The summed E-state index contributed by atoms with van der Waals surface area (Å²) in [7, 11) is -3.70. The molecule has 3 saturated heterocycles.